The highest BCUT2D eigenvalue weighted by Gasteiger charge is 2.31. The summed E-state index contributed by atoms with van der Waals surface area (Å²) in [5.74, 6) is 0.314. The number of fused-ring (bicyclic) bond motifs is 1. The first-order chi connectivity index (χ1) is 8.94. The highest BCUT2D eigenvalue weighted by Crippen LogP contribution is 2.36. The molecule has 2 rings (SSSR count). The van der Waals surface area contributed by atoms with E-state index in [4.69, 9.17) is 5.73 Å². The molecule has 1 aliphatic carbocycles. The van der Waals surface area contributed by atoms with Gasteiger partial charge in [0.25, 0.3) is 0 Å². The minimum Gasteiger partial charge on any atom is -0.345 e. The van der Waals surface area contributed by atoms with Crippen molar-refractivity contribution < 1.29 is 4.79 Å². The van der Waals surface area contributed by atoms with Crippen LogP contribution >= 0.6 is 23.7 Å². The third-order valence-electron chi connectivity index (χ3n) is 3.94. The Bertz CT molecular complexity index is 458. The average molecular weight is 317 g/mol. The number of likely N-dealkylation sites (N-methyl/N-ethyl adjacent to an activating group) is 1. The van der Waals surface area contributed by atoms with Gasteiger partial charge in [-0.05, 0) is 48.2 Å². The number of carbonyl (C=O) groups excluding carboxylic acids is 1. The first-order valence-electron chi connectivity index (χ1n) is 6.96. The number of nitrogens with zero attached hydrogens (tertiary/aromatic N) is 1. The Morgan fingerprint density at radius 1 is 1.55 bits per heavy atom. The second kappa shape index (κ2) is 6.92. The highest BCUT2D eigenvalue weighted by atomic mass is 35.5. The van der Waals surface area contributed by atoms with Crippen LogP contribution in [0.2, 0.25) is 0 Å². The van der Waals surface area contributed by atoms with Gasteiger partial charge in [-0.25, -0.2) is 0 Å². The van der Waals surface area contributed by atoms with Crippen molar-refractivity contribution in [2.24, 2.45) is 11.1 Å². The summed E-state index contributed by atoms with van der Waals surface area (Å²) in [4.78, 5) is 15.9. The van der Waals surface area contributed by atoms with Crippen LogP contribution in [0.3, 0.4) is 0 Å². The maximum Gasteiger partial charge on any atom is 0.229 e. The molecule has 1 aromatic heterocycles. The topological polar surface area (TPSA) is 46.3 Å². The van der Waals surface area contributed by atoms with Gasteiger partial charge in [-0.15, -0.1) is 23.7 Å². The molecule has 114 valence electrons. The van der Waals surface area contributed by atoms with E-state index < -0.39 is 0 Å². The van der Waals surface area contributed by atoms with E-state index in [-0.39, 0.29) is 29.6 Å². The number of nitrogens with two attached hydrogens (primary N) is 1. The summed E-state index contributed by atoms with van der Waals surface area (Å²) in [6.07, 6.45) is 3.24. The number of hydrogen-bond donors (Lipinski definition) is 1. The Morgan fingerprint density at radius 2 is 2.25 bits per heavy atom. The van der Waals surface area contributed by atoms with E-state index in [0.29, 0.717) is 6.54 Å². The number of aryl methyl sites for hydroxylation is 1. The summed E-state index contributed by atoms with van der Waals surface area (Å²) in [6, 6.07) is 2.13. The normalized spacial score (nSPS) is 18.1. The zero-order valence-electron chi connectivity index (χ0n) is 12.5. The predicted molar refractivity (Wildman–Crippen MR) is 87.7 cm³/mol. The molecule has 1 amide bonds. The van der Waals surface area contributed by atoms with Crippen molar-refractivity contribution in [2.75, 3.05) is 20.1 Å². The van der Waals surface area contributed by atoms with E-state index >= 15 is 0 Å². The smallest absolute Gasteiger partial charge is 0.229 e. The second-order valence-electron chi connectivity index (χ2n) is 6.31. The van der Waals surface area contributed by atoms with Crippen molar-refractivity contribution in [1.29, 1.82) is 0 Å². The van der Waals surface area contributed by atoms with Crippen LogP contribution in [0, 0.1) is 5.41 Å². The number of rotatable bonds is 4. The third kappa shape index (κ3) is 3.74. The molecule has 1 aliphatic rings. The molecule has 0 radical (unpaired) electrons. The molecule has 0 saturated carbocycles. The van der Waals surface area contributed by atoms with Crippen LogP contribution in [-0.4, -0.2) is 30.9 Å². The number of halogens is 1. The lowest BCUT2D eigenvalue weighted by Gasteiger charge is -2.32. The van der Waals surface area contributed by atoms with Gasteiger partial charge in [0.05, 0.1) is 5.92 Å². The molecular weight excluding hydrogens is 292 g/mol. The molecule has 1 heterocycles. The molecule has 0 spiro atoms. The molecule has 1 aromatic rings. The van der Waals surface area contributed by atoms with E-state index in [0.717, 1.165) is 25.8 Å². The molecule has 1 atom stereocenters. The summed E-state index contributed by atoms with van der Waals surface area (Å²) in [5, 5.41) is 2.11. The monoisotopic (exact) mass is 316 g/mol. The third-order valence-corrected chi connectivity index (χ3v) is 4.94. The zero-order valence-corrected chi connectivity index (χ0v) is 14.1. The van der Waals surface area contributed by atoms with Gasteiger partial charge in [0.1, 0.15) is 0 Å². The van der Waals surface area contributed by atoms with Crippen LogP contribution in [0.1, 0.15) is 43.0 Å². The van der Waals surface area contributed by atoms with Gasteiger partial charge in [-0.1, -0.05) is 13.8 Å². The van der Waals surface area contributed by atoms with Crippen molar-refractivity contribution in [1.82, 2.24) is 4.90 Å². The van der Waals surface area contributed by atoms with E-state index in [1.807, 2.05) is 11.9 Å². The van der Waals surface area contributed by atoms with Gasteiger partial charge < -0.3 is 10.6 Å². The predicted octanol–water partition coefficient (Wildman–Crippen LogP) is 3.03. The van der Waals surface area contributed by atoms with E-state index in [1.165, 1.54) is 10.4 Å². The molecule has 0 saturated heterocycles. The summed E-state index contributed by atoms with van der Waals surface area (Å²) in [7, 11) is 1.90. The lowest BCUT2D eigenvalue weighted by atomic mass is 9.86. The molecule has 0 bridgehead atoms. The molecule has 3 nitrogen and oxygen atoms in total. The van der Waals surface area contributed by atoms with E-state index in [2.05, 4.69) is 25.3 Å². The van der Waals surface area contributed by atoms with Crippen LogP contribution < -0.4 is 5.73 Å². The SMILES string of the molecule is CN(CC(C)(C)CN)C(=O)C1CCCc2sccc21.Cl. The van der Waals surface area contributed by atoms with Crippen molar-refractivity contribution >= 4 is 29.7 Å². The van der Waals surface area contributed by atoms with Crippen LogP contribution in [0.4, 0.5) is 0 Å². The van der Waals surface area contributed by atoms with Crippen LogP contribution in [-0.2, 0) is 11.2 Å². The fraction of sp³-hybridized carbons (Fsp3) is 0.667. The van der Waals surface area contributed by atoms with E-state index in [1.54, 1.807) is 11.3 Å². The van der Waals surface area contributed by atoms with Gasteiger partial charge >= 0.3 is 0 Å². The molecule has 5 heteroatoms. The maximum absolute atomic E-state index is 12.6. The van der Waals surface area contributed by atoms with Gasteiger partial charge in [0.2, 0.25) is 5.91 Å². The zero-order chi connectivity index (χ0) is 14.0. The number of hydrogen-bond acceptors (Lipinski definition) is 3. The van der Waals surface area contributed by atoms with Crippen molar-refractivity contribution in [3.05, 3.63) is 21.9 Å². The lowest BCUT2D eigenvalue weighted by molar-refractivity contribution is -0.133. The van der Waals surface area contributed by atoms with Gasteiger partial charge in [-0.3, -0.25) is 4.79 Å². The van der Waals surface area contributed by atoms with Gasteiger partial charge in [-0.2, -0.15) is 0 Å². The highest BCUT2D eigenvalue weighted by molar-refractivity contribution is 7.10. The Kier molecular flexibility index (Phi) is 6.05. The average Bonchev–Trinajstić information content (AvgIpc) is 2.85. The summed E-state index contributed by atoms with van der Waals surface area (Å²) < 4.78 is 0. The molecule has 20 heavy (non-hydrogen) atoms. The van der Waals surface area contributed by atoms with Gasteiger partial charge in [0.15, 0.2) is 0 Å². The number of carbonyl (C=O) groups is 1. The molecule has 2 N–H and O–H groups in total. The summed E-state index contributed by atoms with van der Waals surface area (Å²) >= 11 is 1.79. The molecule has 0 aliphatic heterocycles. The molecule has 1 unspecified atom stereocenters. The van der Waals surface area contributed by atoms with Crippen molar-refractivity contribution in [3.8, 4) is 0 Å². The quantitative estimate of drug-likeness (QED) is 0.928. The number of thiophene rings is 1. The van der Waals surface area contributed by atoms with E-state index in [9.17, 15) is 4.79 Å². The van der Waals surface area contributed by atoms with Crippen LogP contribution in [0.5, 0.6) is 0 Å². The van der Waals surface area contributed by atoms with Crippen molar-refractivity contribution in [2.45, 2.75) is 39.0 Å². The Morgan fingerprint density at radius 3 is 2.90 bits per heavy atom. The lowest BCUT2D eigenvalue weighted by Crippen LogP contribution is -2.42. The van der Waals surface area contributed by atoms with Crippen LogP contribution in [0.25, 0.3) is 0 Å². The molecule has 0 aromatic carbocycles. The van der Waals surface area contributed by atoms with Crippen molar-refractivity contribution in [3.63, 3.8) is 0 Å². The molecular formula is C15H25ClN2OS. The Labute approximate surface area is 131 Å². The summed E-state index contributed by atoms with van der Waals surface area (Å²) in [5.41, 5.74) is 7.00. The first kappa shape index (κ1) is 17.5. The Balaban J connectivity index is 0.00000200. The minimum absolute atomic E-state index is 0. The summed E-state index contributed by atoms with van der Waals surface area (Å²) in [6.45, 7) is 5.53. The standard InChI is InChI=1S/C15H24N2OS.ClH/c1-15(2,9-16)10-17(3)14(18)12-5-4-6-13-11(12)7-8-19-13;/h7-8,12H,4-6,9-10,16H2,1-3H3;1H. The minimum atomic E-state index is -0.0173. The largest absolute Gasteiger partial charge is 0.345 e. The van der Waals surface area contributed by atoms with Gasteiger partial charge in [0, 0.05) is 18.5 Å². The molecule has 0 fully saturated rings. The first-order valence-corrected chi connectivity index (χ1v) is 7.84. The fourth-order valence-electron chi connectivity index (χ4n) is 2.79. The maximum atomic E-state index is 12.6. The van der Waals surface area contributed by atoms with Crippen LogP contribution in [0.15, 0.2) is 11.4 Å². The second-order valence-corrected chi connectivity index (χ2v) is 7.31. The fourth-order valence-corrected chi connectivity index (χ4v) is 3.78. The number of amides is 1. The Hall–Kier alpha value is -0.580.